The lowest BCUT2D eigenvalue weighted by atomic mass is 10.0. The van der Waals surface area contributed by atoms with E-state index in [0.717, 1.165) is 27.9 Å². The summed E-state index contributed by atoms with van der Waals surface area (Å²) < 4.78 is 5.28. The van der Waals surface area contributed by atoms with Gasteiger partial charge in [0, 0.05) is 35.1 Å². The molecule has 3 rings (SSSR count). The molecule has 7 heteroatoms. The number of H-pyrrole nitrogens is 2. The summed E-state index contributed by atoms with van der Waals surface area (Å²) in [5.41, 5.74) is 3.58. The van der Waals surface area contributed by atoms with Crippen LogP contribution in [0.3, 0.4) is 0 Å². The molecule has 0 aromatic carbocycles. The lowest BCUT2D eigenvalue weighted by Gasteiger charge is -2.17. The maximum atomic E-state index is 11.9. The molecule has 0 atom stereocenters. The Morgan fingerprint density at radius 2 is 2.07 bits per heavy atom. The molecule has 0 aliphatic carbocycles. The number of nitrogens with one attached hydrogen (secondary N) is 3. The number of esters is 1. The SMILES string of the molecule is CC(C)(C)OC(=O)/C=C/c1cc2c(-c3cn[nH]c3/C=C\C=N)ccnc2[nH]1. The van der Waals surface area contributed by atoms with E-state index in [1.807, 2.05) is 32.9 Å². The summed E-state index contributed by atoms with van der Waals surface area (Å²) in [7, 11) is 0. The molecule has 0 radical (unpaired) electrons. The molecule has 138 valence electrons. The molecular weight excluding hydrogens is 342 g/mol. The van der Waals surface area contributed by atoms with Crippen LogP contribution < -0.4 is 0 Å². The summed E-state index contributed by atoms with van der Waals surface area (Å²) in [4.78, 5) is 19.4. The monoisotopic (exact) mass is 363 g/mol. The standard InChI is InChI=1S/C20H21N5O2/c1-20(2,3)27-18(26)7-6-13-11-15-14(8-10-22-19(15)24-13)16-12-23-25-17(16)5-4-9-21/h4-12,21H,1-3H3,(H,22,24)(H,23,25)/b5-4-,7-6+,21-9?. The average Bonchev–Trinajstić information content (AvgIpc) is 3.22. The van der Waals surface area contributed by atoms with Crippen LogP contribution in [0.1, 0.15) is 32.2 Å². The first-order chi connectivity index (χ1) is 12.9. The van der Waals surface area contributed by atoms with Crippen LogP contribution in [0.25, 0.3) is 34.3 Å². The maximum Gasteiger partial charge on any atom is 0.331 e. The van der Waals surface area contributed by atoms with Gasteiger partial charge in [-0.15, -0.1) is 0 Å². The van der Waals surface area contributed by atoms with Gasteiger partial charge in [0.15, 0.2) is 0 Å². The molecule has 3 N–H and O–H groups in total. The fourth-order valence-electron chi connectivity index (χ4n) is 2.65. The first kappa shape index (κ1) is 18.3. The van der Waals surface area contributed by atoms with E-state index in [1.165, 1.54) is 12.3 Å². The normalized spacial score (nSPS) is 12.3. The molecule has 0 unspecified atom stereocenters. The summed E-state index contributed by atoms with van der Waals surface area (Å²) in [6.07, 6.45) is 11.1. The minimum absolute atomic E-state index is 0.400. The highest BCUT2D eigenvalue weighted by molar-refractivity contribution is 5.97. The van der Waals surface area contributed by atoms with Crippen molar-refractivity contribution in [2.24, 2.45) is 0 Å². The van der Waals surface area contributed by atoms with Gasteiger partial charge in [0.05, 0.1) is 11.9 Å². The quantitative estimate of drug-likeness (QED) is 0.362. The minimum Gasteiger partial charge on any atom is -0.457 e. The predicted molar refractivity (Wildman–Crippen MR) is 106 cm³/mol. The third kappa shape index (κ3) is 4.38. The van der Waals surface area contributed by atoms with Crippen LogP contribution in [0.4, 0.5) is 0 Å². The van der Waals surface area contributed by atoms with Crippen molar-refractivity contribution >= 4 is 35.4 Å². The zero-order valence-electron chi connectivity index (χ0n) is 15.4. The van der Waals surface area contributed by atoms with Gasteiger partial charge in [0.25, 0.3) is 0 Å². The molecule has 3 aromatic heterocycles. The number of hydrogen-bond acceptors (Lipinski definition) is 5. The number of hydrogen-bond donors (Lipinski definition) is 3. The van der Waals surface area contributed by atoms with Crippen LogP contribution in [-0.4, -0.2) is 38.0 Å². The molecule has 27 heavy (non-hydrogen) atoms. The van der Waals surface area contributed by atoms with Crippen molar-refractivity contribution in [3.63, 3.8) is 0 Å². The van der Waals surface area contributed by atoms with E-state index in [1.54, 1.807) is 30.6 Å². The van der Waals surface area contributed by atoms with E-state index < -0.39 is 11.6 Å². The Hall–Kier alpha value is -3.48. The number of rotatable bonds is 5. The number of carbonyl (C=O) groups excluding carboxylic acids is 1. The number of nitrogens with zero attached hydrogens (tertiary/aromatic N) is 2. The summed E-state index contributed by atoms with van der Waals surface area (Å²) in [5, 5.41) is 15.1. The third-order valence-corrected chi connectivity index (χ3v) is 3.68. The topological polar surface area (TPSA) is 108 Å². The number of allylic oxidation sites excluding steroid dienone is 1. The molecule has 3 heterocycles. The van der Waals surface area contributed by atoms with Crippen molar-refractivity contribution in [1.82, 2.24) is 20.2 Å². The summed E-state index contributed by atoms with van der Waals surface area (Å²) in [5.74, 6) is -0.400. The lowest BCUT2D eigenvalue weighted by molar-refractivity contribution is -0.148. The minimum atomic E-state index is -0.529. The molecule has 7 nitrogen and oxygen atoms in total. The molecule has 0 spiro atoms. The van der Waals surface area contributed by atoms with E-state index in [4.69, 9.17) is 10.1 Å². The van der Waals surface area contributed by atoms with E-state index >= 15 is 0 Å². The van der Waals surface area contributed by atoms with Crippen LogP contribution in [0, 0.1) is 5.41 Å². The van der Waals surface area contributed by atoms with Gasteiger partial charge < -0.3 is 15.1 Å². The molecular formula is C20H21N5O2. The second-order valence-electron chi connectivity index (χ2n) is 6.94. The van der Waals surface area contributed by atoms with Crippen LogP contribution in [-0.2, 0) is 9.53 Å². The van der Waals surface area contributed by atoms with E-state index in [0.29, 0.717) is 5.65 Å². The number of fused-ring (bicyclic) bond motifs is 1. The Bertz CT molecular complexity index is 1030. The maximum absolute atomic E-state index is 11.9. The Morgan fingerprint density at radius 1 is 1.26 bits per heavy atom. The molecule has 3 aromatic rings. The zero-order valence-corrected chi connectivity index (χ0v) is 15.4. The van der Waals surface area contributed by atoms with E-state index in [-0.39, 0.29) is 0 Å². The summed E-state index contributed by atoms with van der Waals surface area (Å²) in [6, 6.07) is 3.83. The van der Waals surface area contributed by atoms with Crippen molar-refractivity contribution in [1.29, 1.82) is 5.41 Å². The summed E-state index contributed by atoms with van der Waals surface area (Å²) >= 11 is 0. The third-order valence-electron chi connectivity index (χ3n) is 3.68. The first-order valence-corrected chi connectivity index (χ1v) is 8.47. The van der Waals surface area contributed by atoms with Crippen LogP contribution in [0.2, 0.25) is 0 Å². The number of aromatic nitrogens is 4. The van der Waals surface area contributed by atoms with Gasteiger partial charge in [0.2, 0.25) is 0 Å². The van der Waals surface area contributed by atoms with Gasteiger partial charge in [0.1, 0.15) is 11.2 Å². The Labute approximate surface area is 156 Å². The van der Waals surface area contributed by atoms with Crippen molar-refractivity contribution in [3.8, 4) is 11.1 Å². The Morgan fingerprint density at radius 3 is 2.81 bits per heavy atom. The highest BCUT2D eigenvalue weighted by Crippen LogP contribution is 2.30. The number of ether oxygens (including phenoxy) is 1. The number of aromatic amines is 2. The molecule has 0 fully saturated rings. The van der Waals surface area contributed by atoms with Crippen molar-refractivity contribution in [2.45, 2.75) is 26.4 Å². The smallest absolute Gasteiger partial charge is 0.331 e. The predicted octanol–water partition coefficient (Wildman–Crippen LogP) is 3.97. The van der Waals surface area contributed by atoms with Gasteiger partial charge in [-0.2, -0.15) is 5.10 Å². The van der Waals surface area contributed by atoms with Crippen LogP contribution in [0.5, 0.6) is 0 Å². The fourth-order valence-corrected chi connectivity index (χ4v) is 2.65. The van der Waals surface area contributed by atoms with Gasteiger partial charge in [-0.3, -0.25) is 5.10 Å². The second kappa shape index (κ2) is 7.41. The van der Waals surface area contributed by atoms with E-state index in [2.05, 4.69) is 20.2 Å². The van der Waals surface area contributed by atoms with Gasteiger partial charge in [-0.25, -0.2) is 9.78 Å². The highest BCUT2D eigenvalue weighted by Gasteiger charge is 2.14. The average molecular weight is 363 g/mol. The van der Waals surface area contributed by atoms with Gasteiger partial charge in [-0.1, -0.05) is 0 Å². The second-order valence-corrected chi connectivity index (χ2v) is 6.94. The highest BCUT2D eigenvalue weighted by atomic mass is 16.6. The molecule has 0 aliphatic rings. The lowest BCUT2D eigenvalue weighted by Crippen LogP contribution is -2.22. The van der Waals surface area contributed by atoms with Crippen molar-refractivity contribution in [3.05, 3.63) is 48.1 Å². The van der Waals surface area contributed by atoms with Crippen LogP contribution >= 0.6 is 0 Å². The molecule has 0 saturated heterocycles. The van der Waals surface area contributed by atoms with Gasteiger partial charge in [-0.05, 0) is 56.7 Å². The van der Waals surface area contributed by atoms with Crippen molar-refractivity contribution in [2.75, 3.05) is 0 Å². The molecule has 0 saturated carbocycles. The van der Waals surface area contributed by atoms with Gasteiger partial charge >= 0.3 is 5.97 Å². The largest absolute Gasteiger partial charge is 0.457 e. The number of pyridine rings is 1. The zero-order chi connectivity index (χ0) is 19.4. The van der Waals surface area contributed by atoms with Crippen molar-refractivity contribution < 1.29 is 9.53 Å². The number of carbonyl (C=O) groups is 1. The Balaban J connectivity index is 1.95. The molecule has 0 aliphatic heterocycles. The molecule has 0 amide bonds. The first-order valence-electron chi connectivity index (χ1n) is 8.47. The summed E-state index contributed by atoms with van der Waals surface area (Å²) in [6.45, 7) is 5.48. The fraction of sp³-hybridized carbons (Fsp3) is 0.200. The van der Waals surface area contributed by atoms with E-state index in [9.17, 15) is 4.79 Å². The molecule has 0 bridgehead atoms. The van der Waals surface area contributed by atoms with Crippen LogP contribution in [0.15, 0.2) is 36.7 Å². The Kier molecular flexibility index (Phi) is 5.03.